The van der Waals surface area contributed by atoms with Crippen LogP contribution in [0.1, 0.15) is 11.1 Å². The minimum atomic E-state index is -0.437. The quantitative estimate of drug-likeness (QED) is 0.355. The maximum Gasteiger partial charge on any atom is 0.272 e. The van der Waals surface area contributed by atoms with E-state index >= 15 is 0 Å². The van der Waals surface area contributed by atoms with Gasteiger partial charge in [0, 0.05) is 17.2 Å². The summed E-state index contributed by atoms with van der Waals surface area (Å²) < 4.78 is 0. The zero-order chi connectivity index (χ0) is 12.1. The summed E-state index contributed by atoms with van der Waals surface area (Å²) >= 11 is 4.54. The molecule has 0 radical (unpaired) electrons. The molecule has 1 aromatic carbocycles. The predicted octanol–water partition coefficient (Wildman–Crippen LogP) is 1.07. The van der Waals surface area contributed by atoms with Crippen LogP contribution >= 0.6 is 12.2 Å². The summed E-state index contributed by atoms with van der Waals surface area (Å²) in [5.74, 6) is 0. The molecule has 6 nitrogen and oxygen atoms in total. The highest BCUT2D eigenvalue weighted by atomic mass is 32.1. The third-order valence-corrected chi connectivity index (χ3v) is 1.91. The Hall–Kier alpha value is -2.02. The highest BCUT2D eigenvalue weighted by Crippen LogP contribution is 2.18. The Balaban J connectivity index is 2.91. The number of nitro benzene ring substituents is 1. The molecule has 0 heterocycles. The molecule has 0 unspecified atom stereocenters. The Bertz CT molecular complexity index is 459. The molecule has 0 aromatic heterocycles. The number of thiocarbonyl (C=S) groups is 1. The summed E-state index contributed by atoms with van der Waals surface area (Å²) in [5.41, 5.74) is 8.78. The van der Waals surface area contributed by atoms with Crippen molar-refractivity contribution < 1.29 is 4.92 Å². The summed E-state index contributed by atoms with van der Waals surface area (Å²) in [4.78, 5) is 10.2. The Morgan fingerprint density at radius 2 is 2.38 bits per heavy atom. The van der Waals surface area contributed by atoms with E-state index in [1.54, 1.807) is 19.1 Å². The summed E-state index contributed by atoms with van der Waals surface area (Å²) in [6.07, 6.45) is 1.41. The second-order valence-electron chi connectivity index (χ2n) is 3.04. The van der Waals surface area contributed by atoms with Crippen LogP contribution in [-0.4, -0.2) is 16.3 Å². The Kier molecular flexibility index (Phi) is 3.90. The molecule has 0 aliphatic rings. The molecule has 0 amide bonds. The van der Waals surface area contributed by atoms with E-state index in [2.05, 4.69) is 22.7 Å². The molecule has 0 saturated carbocycles. The second kappa shape index (κ2) is 5.17. The number of nitro groups is 1. The molecule has 0 bridgehead atoms. The highest BCUT2D eigenvalue weighted by Gasteiger charge is 2.09. The first-order chi connectivity index (χ1) is 7.50. The lowest BCUT2D eigenvalue weighted by molar-refractivity contribution is -0.385. The number of nitrogens with one attached hydrogen (secondary N) is 1. The maximum atomic E-state index is 10.7. The zero-order valence-corrected chi connectivity index (χ0v) is 9.32. The fourth-order valence-electron chi connectivity index (χ4n) is 1.07. The third-order valence-electron chi connectivity index (χ3n) is 1.82. The Morgan fingerprint density at radius 3 is 2.94 bits per heavy atom. The first-order valence-electron chi connectivity index (χ1n) is 4.34. The molecule has 1 rings (SSSR count). The molecule has 3 N–H and O–H groups in total. The van der Waals surface area contributed by atoms with Gasteiger partial charge in [-0.2, -0.15) is 5.10 Å². The van der Waals surface area contributed by atoms with Gasteiger partial charge in [0.2, 0.25) is 0 Å². The number of nitrogens with zero attached hydrogens (tertiary/aromatic N) is 2. The molecule has 0 fully saturated rings. The molecule has 0 aliphatic carbocycles. The topological polar surface area (TPSA) is 93.5 Å². The number of hydrogen-bond donors (Lipinski definition) is 2. The molecule has 0 aliphatic heterocycles. The van der Waals surface area contributed by atoms with Crippen molar-refractivity contribution >= 4 is 29.2 Å². The van der Waals surface area contributed by atoms with Gasteiger partial charge in [0.25, 0.3) is 5.69 Å². The van der Waals surface area contributed by atoms with Crippen LogP contribution in [0.15, 0.2) is 23.3 Å². The lowest BCUT2D eigenvalue weighted by Gasteiger charge is -1.98. The van der Waals surface area contributed by atoms with Crippen molar-refractivity contribution in [2.45, 2.75) is 6.92 Å². The molecule has 16 heavy (non-hydrogen) atoms. The van der Waals surface area contributed by atoms with Gasteiger partial charge in [-0.15, -0.1) is 0 Å². The average molecular weight is 238 g/mol. The van der Waals surface area contributed by atoms with Crippen LogP contribution in [0.3, 0.4) is 0 Å². The number of hydrazone groups is 1. The highest BCUT2D eigenvalue weighted by molar-refractivity contribution is 7.80. The van der Waals surface area contributed by atoms with Crippen LogP contribution in [0.2, 0.25) is 0 Å². The summed E-state index contributed by atoms with van der Waals surface area (Å²) in [5, 5.41) is 14.4. The lowest BCUT2D eigenvalue weighted by atomic mass is 10.1. The first kappa shape index (κ1) is 12.1. The van der Waals surface area contributed by atoms with Gasteiger partial charge in [0.05, 0.1) is 11.1 Å². The van der Waals surface area contributed by atoms with E-state index in [1.807, 2.05) is 0 Å². The molecule has 0 saturated heterocycles. The minimum Gasteiger partial charge on any atom is -0.375 e. The van der Waals surface area contributed by atoms with Gasteiger partial charge < -0.3 is 5.73 Å². The van der Waals surface area contributed by atoms with Gasteiger partial charge in [-0.05, 0) is 19.1 Å². The van der Waals surface area contributed by atoms with E-state index in [9.17, 15) is 10.1 Å². The molecule has 84 valence electrons. The fourth-order valence-corrected chi connectivity index (χ4v) is 1.13. The van der Waals surface area contributed by atoms with Gasteiger partial charge in [-0.1, -0.05) is 12.1 Å². The van der Waals surface area contributed by atoms with E-state index < -0.39 is 4.92 Å². The Labute approximate surface area is 97.3 Å². The van der Waals surface area contributed by atoms with Gasteiger partial charge >= 0.3 is 0 Å². The second-order valence-corrected chi connectivity index (χ2v) is 3.48. The monoisotopic (exact) mass is 238 g/mol. The Morgan fingerprint density at radius 1 is 1.69 bits per heavy atom. The van der Waals surface area contributed by atoms with Crippen molar-refractivity contribution in [3.8, 4) is 0 Å². The average Bonchev–Trinajstić information content (AvgIpc) is 2.19. The van der Waals surface area contributed by atoms with E-state index in [0.717, 1.165) is 0 Å². The SMILES string of the molecule is Cc1ccc(/C=N\NC(N)=S)cc1[N+](=O)[O-]. The molecule has 0 atom stereocenters. The number of rotatable bonds is 3. The molecular weight excluding hydrogens is 228 g/mol. The summed E-state index contributed by atoms with van der Waals surface area (Å²) in [6, 6.07) is 4.80. The molecular formula is C9H10N4O2S. The summed E-state index contributed by atoms with van der Waals surface area (Å²) in [7, 11) is 0. The van der Waals surface area contributed by atoms with Crippen molar-refractivity contribution in [2.24, 2.45) is 10.8 Å². The van der Waals surface area contributed by atoms with Crippen molar-refractivity contribution in [1.82, 2.24) is 5.43 Å². The van der Waals surface area contributed by atoms with Crippen LogP contribution in [0.4, 0.5) is 5.69 Å². The predicted molar refractivity (Wildman–Crippen MR) is 65.3 cm³/mol. The van der Waals surface area contributed by atoms with Gasteiger partial charge in [-0.3, -0.25) is 15.5 Å². The van der Waals surface area contributed by atoms with Crippen molar-refractivity contribution in [2.75, 3.05) is 0 Å². The van der Waals surface area contributed by atoms with Crippen LogP contribution in [0.5, 0.6) is 0 Å². The van der Waals surface area contributed by atoms with E-state index in [4.69, 9.17) is 5.73 Å². The first-order valence-corrected chi connectivity index (χ1v) is 4.75. The van der Waals surface area contributed by atoms with Crippen molar-refractivity contribution in [1.29, 1.82) is 0 Å². The molecule has 7 heteroatoms. The van der Waals surface area contributed by atoms with Crippen molar-refractivity contribution in [3.63, 3.8) is 0 Å². The van der Waals surface area contributed by atoms with E-state index in [0.29, 0.717) is 11.1 Å². The standard InChI is InChI=1S/C9H10N4O2S/c1-6-2-3-7(4-8(6)13(14)15)5-11-12-9(10)16/h2-5H,1H3,(H3,10,12,16)/b11-5-. The van der Waals surface area contributed by atoms with Gasteiger partial charge in [-0.25, -0.2) is 0 Å². The third kappa shape index (κ3) is 3.28. The van der Waals surface area contributed by atoms with Crippen LogP contribution in [-0.2, 0) is 0 Å². The molecule has 0 spiro atoms. The number of benzene rings is 1. The van der Waals surface area contributed by atoms with E-state index in [1.165, 1.54) is 12.3 Å². The summed E-state index contributed by atoms with van der Waals surface area (Å²) in [6.45, 7) is 1.67. The van der Waals surface area contributed by atoms with Crippen LogP contribution < -0.4 is 11.2 Å². The number of aryl methyl sites for hydroxylation is 1. The normalized spacial score (nSPS) is 10.3. The maximum absolute atomic E-state index is 10.7. The minimum absolute atomic E-state index is 0.0397. The van der Waals surface area contributed by atoms with Gasteiger partial charge in [0.15, 0.2) is 5.11 Å². The molecule has 1 aromatic rings. The largest absolute Gasteiger partial charge is 0.375 e. The van der Waals surface area contributed by atoms with Crippen molar-refractivity contribution in [3.05, 3.63) is 39.4 Å². The lowest BCUT2D eigenvalue weighted by Crippen LogP contribution is -2.23. The number of nitrogens with two attached hydrogens (primary N) is 1. The fraction of sp³-hybridized carbons (Fsp3) is 0.111. The zero-order valence-electron chi connectivity index (χ0n) is 8.51. The van der Waals surface area contributed by atoms with E-state index in [-0.39, 0.29) is 10.8 Å². The van der Waals surface area contributed by atoms with Gasteiger partial charge in [0.1, 0.15) is 0 Å². The number of hydrogen-bond acceptors (Lipinski definition) is 4. The smallest absolute Gasteiger partial charge is 0.272 e. The van der Waals surface area contributed by atoms with Crippen LogP contribution in [0, 0.1) is 17.0 Å². The van der Waals surface area contributed by atoms with Crippen LogP contribution in [0.25, 0.3) is 0 Å².